The Hall–Kier alpha value is -1.27. The first-order valence-electron chi connectivity index (χ1n) is 29.9. The molecular formula is C58H111NO13. The van der Waals surface area contributed by atoms with Gasteiger partial charge in [-0.1, -0.05) is 244 Å². The van der Waals surface area contributed by atoms with E-state index in [1.54, 1.807) is 6.08 Å². The lowest BCUT2D eigenvalue weighted by Crippen LogP contribution is -2.65. The quantitative estimate of drug-likeness (QED) is 0.0205. The molecule has 426 valence electrons. The molecule has 0 radical (unpaired) electrons. The molecule has 4 unspecified atom stereocenters. The molecule has 2 aliphatic heterocycles. The highest BCUT2D eigenvalue weighted by Gasteiger charge is 2.51. The highest BCUT2D eigenvalue weighted by atomic mass is 16.7. The zero-order valence-electron chi connectivity index (χ0n) is 45.7. The minimum absolute atomic E-state index is 0.234. The van der Waals surface area contributed by atoms with Crippen molar-refractivity contribution in [3.05, 3.63) is 12.2 Å². The fourth-order valence-corrected chi connectivity index (χ4v) is 10.1. The number of hydrogen-bond acceptors (Lipinski definition) is 13. The highest BCUT2D eigenvalue weighted by molar-refractivity contribution is 5.76. The second-order valence-electron chi connectivity index (χ2n) is 21.5. The summed E-state index contributed by atoms with van der Waals surface area (Å²) in [6.07, 6.45) is 33.9. The van der Waals surface area contributed by atoms with E-state index in [1.807, 2.05) is 6.08 Å². The topological polar surface area (TPSA) is 228 Å². The van der Waals surface area contributed by atoms with Crippen LogP contribution >= 0.6 is 0 Å². The van der Waals surface area contributed by atoms with E-state index < -0.39 is 86.8 Å². The van der Waals surface area contributed by atoms with Crippen LogP contribution in [0, 0.1) is 0 Å². The van der Waals surface area contributed by atoms with Crippen LogP contribution in [-0.4, -0.2) is 140 Å². The maximum atomic E-state index is 13.2. The third-order valence-electron chi connectivity index (χ3n) is 15.0. The van der Waals surface area contributed by atoms with Gasteiger partial charge in [0.1, 0.15) is 48.8 Å². The minimum atomic E-state index is -1.78. The van der Waals surface area contributed by atoms with Gasteiger partial charge in [0.2, 0.25) is 5.91 Å². The number of allylic oxidation sites excluding steroid dienone is 1. The van der Waals surface area contributed by atoms with Crippen LogP contribution in [-0.2, 0) is 23.7 Å². The molecule has 0 bridgehead atoms. The summed E-state index contributed by atoms with van der Waals surface area (Å²) in [4.78, 5) is 13.2. The number of aliphatic hydroxyl groups is 8. The van der Waals surface area contributed by atoms with E-state index in [-0.39, 0.29) is 18.9 Å². The average Bonchev–Trinajstić information content (AvgIpc) is 3.38. The monoisotopic (exact) mass is 1030 g/mol. The van der Waals surface area contributed by atoms with Crippen molar-refractivity contribution in [3.8, 4) is 0 Å². The molecule has 2 fully saturated rings. The Morgan fingerprint density at radius 2 is 0.861 bits per heavy atom. The highest BCUT2D eigenvalue weighted by Crippen LogP contribution is 2.30. The number of hydrogen-bond donors (Lipinski definition) is 9. The van der Waals surface area contributed by atoms with Crippen molar-refractivity contribution in [1.82, 2.24) is 5.32 Å². The second-order valence-corrected chi connectivity index (χ2v) is 21.5. The summed E-state index contributed by atoms with van der Waals surface area (Å²) in [5.74, 6) is -0.234. The van der Waals surface area contributed by atoms with Crippen molar-refractivity contribution in [3.63, 3.8) is 0 Å². The molecule has 2 heterocycles. The maximum Gasteiger partial charge on any atom is 0.220 e. The second kappa shape index (κ2) is 44.8. The molecule has 0 spiro atoms. The molecule has 0 aromatic heterocycles. The van der Waals surface area contributed by atoms with Crippen LogP contribution in [0.2, 0.25) is 0 Å². The molecule has 12 atom stereocenters. The summed E-state index contributed by atoms with van der Waals surface area (Å²) in [6.45, 7) is 2.82. The first-order chi connectivity index (χ1) is 35.1. The molecule has 0 aromatic carbocycles. The number of aliphatic hydroxyl groups excluding tert-OH is 8. The van der Waals surface area contributed by atoms with Gasteiger partial charge in [-0.3, -0.25) is 4.79 Å². The number of rotatable bonds is 48. The standard InChI is InChI=1S/C58H111NO13/c1-3-5-7-9-11-13-15-17-19-20-21-22-23-24-25-26-28-30-32-34-36-38-40-42-50(63)59-46(47(62)41-39-37-35-33-31-29-27-18-16-14-12-10-8-6-4-2)45-69-57-55(68)53(66)56(49(44-61)71-57)72-58-54(67)52(65)51(64)48(43-60)70-58/h39,41,46-49,51-58,60-62,64-68H,3-38,40,42-45H2,1-2H3,(H,59,63)/b41-39+/t46-,47+,48+,49+,51-,52?,53?,54?,55?,56+,57+,58-/m0/s1. The largest absolute Gasteiger partial charge is 0.394 e. The average molecular weight is 1030 g/mol. The molecule has 2 rings (SSSR count). The molecular weight excluding hydrogens is 919 g/mol. The van der Waals surface area contributed by atoms with Crippen LogP contribution in [0.25, 0.3) is 0 Å². The van der Waals surface area contributed by atoms with Gasteiger partial charge in [0.25, 0.3) is 0 Å². The van der Waals surface area contributed by atoms with Crippen LogP contribution in [0.3, 0.4) is 0 Å². The van der Waals surface area contributed by atoms with Gasteiger partial charge in [-0.15, -0.1) is 0 Å². The first-order valence-corrected chi connectivity index (χ1v) is 29.9. The Morgan fingerprint density at radius 1 is 0.486 bits per heavy atom. The number of amides is 1. The van der Waals surface area contributed by atoms with Gasteiger partial charge in [0.15, 0.2) is 12.6 Å². The normalized spacial score (nSPS) is 25.6. The van der Waals surface area contributed by atoms with Crippen LogP contribution in [0.1, 0.15) is 258 Å². The molecule has 72 heavy (non-hydrogen) atoms. The van der Waals surface area contributed by atoms with Gasteiger partial charge in [-0.2, -0.15) is 0 Å². The van der Waals surface area contributed by atoms with Crippen LogP contribution < -0.4 is 5.32 Å². The van der Waals surface area contributed by atoms with Gasteiger partial charge in [-0.05, 0) is 19.3 Å². The SMILES string of the molecule is CCCCCCCCCCCCCCC/C=C/[C@@H](O)[C@H](CO[C@@H]1O[C@H](CO)[C@@H](O[C@@H]2O[C@H](CO)[C@H](O)C(O)C2O)C(O)C1O)NC(=O)CCCCCCCCCCCCCCCCCCCCCCCCC. The molecule has 2 saturated heterocycles. The Bertz CT molecular complexity index is 1260. The van der Waals surface area contributed by atoms with Gasteiger partial charge in [0, 0.05) is 6.42 Å². The summed E-state index contributed by atoms with van der Waals surface area (Å²) in [7, 11) is 0. The molecule has 14 heteroatoms. The summed E-state index contributed by atoms with van der Waals surface area (Å²) in [5.41, 5.74) is 0. The van der Waals surface area contributed by atoms with Gasteiger partial charge in [0.05, 0.1) is 32.0 Å². The maximum absolute atomic E-state index is 13.2. The number of nitrogens with one attached hydrogen (secondary N) is 1. The van der Waals surface area contributed by atoms with Gasteiger partial charge >= 0.3 is 0 Å². The van der Waals surface area contributed by atoms with Crippen molar-refractivity contribution in [2.45, 2.75) is 331 Å². The van der Waals surface area contributed by atoms with Gasteiger partial charge in [-0.25, -0.2) is 0 Å². The molecule has 0 aromatic rings. The van der Waals surface area contributed by atoms with E-state index in [9.17, 15) is 45.6 Å². The third-order valence-corrected chi connectivity index (χ3v) is 15.0. The summed E-state index contributed by atoms with van der Waals surface area (Å²) in [5, 5.41) is 87.0. The number of unbranched alkanes of at least 4 members (excludes halogenated alkanes) is 35. The predicted octanol–water partition coefficient (Wildman–Crippen LogP) is 9.89. The van der Waals surface area contributed by atoms with Crippen LogP contribution in [0.4, 0.5) is 0 Å². The lowest BCUT2D eigenvalue weighted by Gasteiger charge is -2.46. The van der Waals surface area contributed by atoms with E-state index in [4.69, 9.17) is 18.9 Å². The fourth-order valence-electron chi connectivity index (χ4n) is 10.1. The van der Waals surface area contributed by atoms with Crippen molar-refractivity contribution in [1.29, 1.82) is 0 Å². The lowest BCUT2D eigenvalue weighted by atomic mass is 9.97. The predicted molar refractivity (Wildman–Crippen MR) is 286 cm³/mol. The minimum Gasteiger partial charge on any atom is -0.394 e. The van der Waals surface area contributed by atoms with Crippen molar-refractivity contribution >= 4 is 5.91 Å². The Kier molecular flexibility index (Phi) is 41.6. The molecule has 9 N–H and O–H groups in total. The number of carbonyl (C=O) groups is 1. The van der Waals surface area contributed by atoms with Crippen LogP contribution in [0.15, 0.2) is 12.2 Å². The van der Waals surface area contributed by atoms with Crippen molar-refractivity contribution in [2.75, 3.05) is 19.8 Å². The zero-order valence-corrected chi connectivity index (χ0v) is 45.7. The van der Waals surface area contributed by atoms with Crippen molar-refractivity contribution in [2.24, 2.45) is 0 Å². The first kappa shape index (κ1) is 66.8. The number of carbonyl (C=O) groups excluding carboxylic acids is 1. The van der Waals surface area contributed by atoms with Crippen molar-refractivity contribution < 1.29 is 64.6 Å². The molecule has 0 aliphatic carbocycles. The Balaban J connectivity index is 1.74. The van der Waals surface area contributed by atoms with E-state index in [2.05, 4.69) is 19.2 Å². The molecule has 1 amide bonds. The third kappa shape index (κ3) is 30.5. The van der Waals surface area contributed by atoms with Gasteiger partial charge < -0.3 is 65.1 Å². The fraction of sp³-hybridized carbons (Fsp3) is 0.948. The molecule has 0 saturated carbocycles. The van der Waals surface area contributed by atoms with E-state index in [1.165, 1.54) is 193 Å². The van der Waals surface area contributed by atoms with E-state index in [0.717, 1.165) is 38.5 Å². The molecule has 2 aliphatic rings. The summed E-state index contributed by atoms with van der Waals surface area (Å²) >= 11 is 0. The number of ether oxygens (including phenoxy) is 4. The molecule has 14 nitrogen and oxygen atoms in total. The zero-order chi connectivity index (χ0) is 52.4. The van der Waals surface area contributed by atoms with E-state index in [0.29, 0.717) is 6.42 Å². The van der Waals surface area contributed by atoms with Crippen LogP contribution in [0.5, 0.6) is 0 Å². The van der Waals surface area contributed by atoms with E-state index >= 15 is 0 Å². The Morgan fingerprint density at radius 3 is 1.28 bits per heavy atom. The Labute approximate surface area is 437 Å². The smallest absolute Gasteiger partial charge is 0.220 e. The lowest BCUT2D eigenvalue weighted by molar-refractivity contribution is -0.359. The summed E-state index contributed by atoms with van der Waals surface area (Å²) < 4.78 is 22.8. The summed E-state index contributed by atoms with van der Waals surface area (Å²) in [6, 6.07) is -0.909.